The van der Waals surface area contributed by atoms with E-state index in [2.05, 4.69) is 21.3 Å². The Labute approximate surface area is 279 Å². The molecular weight excluding hydrogens is 640 g/mol. The van der Waals surface area contributed by atoms with Gasteiger partial charge in [0.05, 0.1) is 6.42 Å². The fraction of sp³-hybridized carbons (Fsp3) is 0.324. The van der Waals surface area contributed by atoms with Crippen LogP contribution in [0.15, 0.2) is 84.3 Å². The van der Waals surface area contributed by atoms with E-state index < -0.39 is 70.1 Å². The van der Waals surface area contributed by atoms with E-state index in [-0.39, 0.29) is 19.6 Å². The summed E-state index contributed by atoms with van der Waals surface area (Å²) in [6.45, 7) is 3.17. The van der Waals surface area contributed by atoms with Crippen LogP contribution in [0.2, 0.25) is 0 Å². The number of hydrogen-bond acceptors (Lipinski definition) is 8. The molecule has 3 aromatic carbocycles. The number of benzene rings is 3. The van der Waals surface area contributed by atoms with Crippen LogP contribution in [0.25, 0.3) is 10.8 Å². The molecule has 0 fully saturated rings. The summed E-state index contributed by atoms with van der Waals surface area (Å²) in [5, 5.41) is 22.2. The van der Waals surface area contributed by atoms with E-state index in [1.807, 2.05) is 30.3 Å². The SMILES string of the molecule is CC(C)[C@H](NC(=O)[C@H](Cc1cccc2ccccc12)NC(=O)[C@H](CC(=O)O)NC(=O)OCc1ccccc1)C(=O)NC/C=C/S(C)(=O)=O. The number of aliphatic carboxylic acids is 1. The number of amides is 4. The van der Waals surface area contributed by atoms with Gasteiger partial charge in [-0.15, -0.1) is 0 Å². The van der Waals surface area contributed by atoms with Gasteiger partial charge in [0.2, 0.25) is 17.7 Å². The number of ether oxygens (including phenoxy) is 1. The molecule has 0 saturated carbocycles. The first-order chi connectivity index (χ1) is 22.7. The number of fused-ring (bicyclic) bond motifs is 1. The average Bonchev–Trinajstić information content (AvgIpc) is 3.03. The van der Waals surface area contributed by atoms with Crippen molar-refractivity contribution < 1.29 is 42.2 Å². The number of rotatable bonds is 16. The normalized spacial score (nSPS) is 13.3. The first-order valence-electron chi connectivity index (χ1n) is 15.1. The molecule has 0 aliphatic rings. The minimum atomic E-state index is -3.40. The minimum absolute atomic E-state index is 0.0410. The van der Waals surface area contributed by atoms with Crippen molar-refractivity contribution >= 4 is 50.4 Å². The van der Waals surface area contributed by atoms with E-state index in [0.717, 1.165) is 22.4 Å². The molecule has 0 heterocycles. The summed E-state index contributed by atoms with van der Waals surface area (Å²) < 4.78 is 27.9. The molecular formula is C34H40N4O9S. The number of carboxylic acid groups (broad SMARTS) is 1. The molecule has 0 aliphatic heterocycles. The largest absolute Gasteiger partial charge is 0.481 e. The monoisotopic (exact) mass is 680 g/mol. The molecule has 0 aliphatic carbocycles. The maximum atomic E-state index is 13.8. The van der Waals surface area contributed by atoms with E-state index in [1.165, 1.54) is 6.08 Å². The first kappa shape index (κ1) is 37.2. The molecule has 5 N–H and O–H groups in total. The van der Waals surface area contributed by atoms with Crippen molar-refractivity contribution in [2.24, 2.45) is 5.92 Å². The van der Waals surface area contributed by atoms with Crippen molar-refractivity contribution in [2.45, 2.75) is 51.4 Å². The van der Waals surface area contributed by atoms with Crippen molar-refractivity contribution in [3.05, 3.63) is 95.4 Å². The highest BCUT2D eigenvalue weighted by Gasteiger charge is 2.32. The summed E-state index contributed by atoms with van der Waals surface area (Å²) in [6.07, 6.45) is 0.401. The fourth-order valence-electron chi connectivity index (χ4n) is 4.74. The molecule has 4 amide bonds. The zero-order valence-electron chi connectivity index (χ0n) is 26.8. The van der Waals surface area contributed by atoms with Gasteiger partial charge in [-0.1, -0.05) is 92.7 Å². The summed E-state index contributed by atoms with van der Waals surface area (Å²) in [7, 11) is -3.40. The van der Waals surface area contributed by atoms with Gasteiger partial charge < -0.3 is 31.1 Å². The smallest absolute Gasteiger partial charge is 0.408 e. The summed E-state index contributed by atoms with van der Waals surface area (Å²) in [6, 6.07) is 17.6. The number of carbonyl (C=O) groups excluding carboxylic acids is 4. The Morgan fingerprint density at radius 3 is 2.12 bits per heavy atom. The molecule has 13 nitrogen and oxygen atoms in total. The molecule has 14 heteroatoms. The van der Waals surface area contributed by atoms with Gasteiger partial charge >= 0.3 is 12.1 Å². The average molecular weight is 681 g/mol. The minimum Gasteiger partial charge on any atom is -0.481 e. The van der Waals surface area contributed by atoms with E-state index in [0.29, 0.717) is 11.1 Å². The topological polar surface area (TPSA) is 197 Å². The molecule has 0 unspecified atom stereocenters. The van der Waals surface area contributed by atoms with Gasteiger partial charge in [-0.2, -0.15) is 0 Å². The highest BCUT2D eigenvalue weighted by Crippen LogP contribution is 2.20. The third-order valence-corrected chi connectivity index (χ3v) is 7.81. The first-order valence-corrected chi connectivity index (χ1v) is 17.1. The number of carboxylic acids is 1. The standard InChI is InChI=1S/C34H40N4O9S/c1-22(2)30(33(43)35-17-10-18-48(3,45)46)38-32(42)27(19-25-15-9-14-24-13-7-8-16-26(24)25)36-31(41)28(20-29(39)40)37-34(44)47-21-23-11-5-4-6-12-23/h4-16,18,22,27-28,30H,17,19-21H2,1-3H3,(H,35,43)(H,36,41)(H,37,44)(H,38,42)(H,39,40)/b18-10+/t27-,28-,30-/m0/s1. The fourth-order valence-corrected chi connectivity index (χ4v) is 5.19. The maximum Gasteiger partial charge on any atom is 0.408 e. The molecule has 3 rings (SSSR count). The highest BCUT2D eigenvalue weighted by atomic mass is 32.2. The molecule has 48 heavy (non-hydrogen) atoms. The third-order valence-electron chi connectivity index (χ3n) is 7.12. The summed E-state index contributed by atoms with van der Waals surface area (Å²) in [4.78, 5) is 64.5. The molecule has 3 aromatic rings. The van der Waals surface area contributed by atoms with Gasteiger partial charge in [0, 0.05) is 24.6 Å². The van der Waals surface area contributed by atoms with Crippen LogP contribution in [0.5, 0.6) is 0 Å². The second-order valence-corrected chi connectivity index (χ2v) is 13.4. The van der Waals surface area contributed by atoms with Gasteiger partial charge in [0.15, 0.2) is 9.84 Å². The number of nitrogens with one attached hydrogen (secondary N) is 4. The Bertz CT molecular complexity index is 1740. The van der Waals surface area contributed by atoms with Crippen LogP contribution >= 0.6 is 0 Å². The molecule has 256 valence electrons. The van der Waals surface area contributed by atoms with Crippen LogP contribution in [-0.2, 0) is 46.8 Å². The van der Waals surface area contributed by atoms with Gasteiger partial charge in [0.25, 0.3) is 0 Å². The van der Waals surface area contributed by atoms with Crippen LogP contribution < -0.4 is 21.3 Å². The second kappa shape index (κ2) is 17.6. The Morgan fingerprint density at radius 1 is 0.812 bits per heavy atom. The Balaban J connectivity index is 1.84. The van der Waals surface area contributed by atoms with Crippen LogP contribution in [0.3, 0.4) is 0 Å². The molecule has 3 atom stereocenters. The number of alkyl carbamates (subject to hydrolysis) is 1. The lowest BCUT2D eigenvalue weighted by molar-refractivity contribution is -0.140. The Morgan fingerprint density at radius 2 is 1.46 bits per heavy atom. The molecule has 0 bridgehead atoms. The van der Waals surface area contributed by atoms with E-state index >= 15 is 0 Å². The quantitative estimate of drug-likeness (QED) is 0.151. The zero-order valence-corrected chi connectivity index (χ0v) is 27.7. The van der Waals surface area contributed by atoms with Crippen LogP contribution in [0.4, 0.5) is 4.79 Å². The lowest BCUT2D eigenvalue weighted by Gasteiger charge is -2.27. The van der Waals surface area contributed by atoms with Crippen molar-refractivity contribution in [3.63, 3.8) is 0 Å². The number of carbonyl (C=O) groups is 5. The zero-order chi connectivity index (χ0) is 35.3. The molecule has 0 radical (unpaired) electrons. The predicted molar refractivity (Wildman–Crippen MR) is 179 cm³/mol. The van der Waals surface area contributed by atoms with Gasteiger partial charge in [-0.05, 0) is 27.8 Å². The number of hydrogen-bond donors (Lipinski definition) is 5. The summed E-state index contributed by atoms with van der Waals surface area (Å²) in [5.74, 6) is -4.07. The van der Waals surface area contributed by atoms with Crippen molar-refractivity contribution in [1.82, 2.24) is 21.3 Å². The van der Waals surface area contributed by atoms with Gasteiger partial charge in [0.1, 0.15) is 24.7 Å². The van der Waals surface area contributed by atoms with Gasteiger partial charge in [-0.25, -0.2) is 13.2 Å². The van der Waals surface area contributed by atoms with E-state index in [9.17, 15) is 37.5 Å². The molecule has 0 aromatic heterocycles. The van der Waals surface area contributed by atoms with E-state index in [1.54, 1.807) is 56.3 Å². The number of sulfone groups is 1. The van der Waals surface area contributed by atoms with Crippen LogP contribution in [0, 0.1) is 5.92 Å². The van der Waals surface area contributed by atoms with Crippen molar-refractivity contribution in [2.75, 3.05) is 12.8 Å². The maximum absolute atomic E-state index is 13.8. The van der Waals surface area contributed by atoms with E-state index in [4.69, 9.17) is 4.74 Å². The summed E-state index contributed by atoms with van der Waals surface area (Å²) >= 11 is 0. The molecule has 0 spiro atoms. The summed E-state index contributed by atoms with van der Waals surface area (Å²) in [5.41, 5.74) is 1.36. The lowest BCUT2D eigenvalue weighted by atomic mass is 9.97. The Kier molecular flexibility index (Phi) is 13.7. The third kappa shape index (κ3) is 12.2. The molecule has 0 saturated heterocycles. The second-order valence-electron chi connectivity index (χ2n) is 11.4. The highest BCUT2D eigenvalue weighted by molar-refractivity contribution is 7.93. The van der Waals surface area contributed by atoms with Crippen LogP contribution in [-0.4, -0.2) is 74.2 Å². The lowest BCUT2D eigenvalue weighted by Crippen LogP contribution is -2.58. The van der Waals surface area contributed by atoms with Crippen LogP contribution in [0.1, 0.15) is 31.4 Å². The predicted octanol–water partition coefficient (Wildman–Crippen LogP) is 2.45. The van der Waals surface area contributed by atoms with Gasteiger partial charge in [-0.3, -0.25) is 19.2 Å². The Hall–Kier alpha value is -5.24. The van der Waals surface area contributed by atoms with Crippen molar-refractivity contribution in [3.8, 4) is 0 Å². The van der Waals surface area contributed by atoms with Crippen molar-refractivity contribution in [1.29, 1.82) is 0 Å².